The van der Waals surface area contributed by atoms with Gasteiger partial charge in [0.15, 0.2) is 0 Å². The number of carbonyl (C=O) groups is 2. The van der Waals surface area contributed by atoms with Crippen molar-refractivity contribution in [3.8, 4) is 0 Å². The molecule has 1 saturated heterocycles. The Morgan fingerprint density at radius 3 is 2.65 bits per heavy atom. The van der Waals surface area contributed by atoms with E-state index in [0.29, 0.717) is 29.2 Å². The maximum atomic E-state index is 13.0. The van der Waals surface area contributed by atoms with Crippen molar-refractivity contribution in [3.05, 3.63) is 64.7 Å². The maximum absolute atomic E-state index is 13.0. The zero-order chi connectivity index (χ0) is 18.3. The number of aliphatic carboxylic acids is 1. The molecule has 1 amide bonds. The van der Waals surface area contributed by atoms with Crippen LogP contribution in [0.3, 0.4) is 0 Å². The fourth-order valence-electron chi connectivity index (χ4n) is 3.62. The Labute approximate surface area is 155 Å². The van der Waals surface area contributed by atoms with E-state index in [1.54, 1.807) is 17.0 Å². The first-order valence-corrected chi connectivity index (χ1v) is 8.80. The molecule has 2 heterocycles. The molecule has 2 aromatic rings. The summed E-state index contributed by atoms with van der Waals surface area (Å²) in [5, 5.41) is 13.0. The van der Waals surface area contributed by atoms with E-state index in [1.807, 2.05) is 36.4 Å². The predicted molar refractivity (Wildman–Crippen MR) is 101 cm³/mol. The summed E-state index contributed by atoms with van der Waals surface area (Å²) in [7, 11) is 0. The van der Waals surface area contributed by atoms with Gasteiger partial charge >= 0.3 is 5.97 Å². The lowest BCUT2D eigenvalue weighted by Crippen LogP contribution is -2.33. The Balaban J connectivity index is 1.78. The molecule has 0 saturated carbocycles. The third kappa shape index (κ3) is 2.84. The van der Waals surface area contributed by atoms with Gasteiger partial charge in [-0.05, 0) is 36.3 Å². The lowest BCUT2D eigenvalue weighted by molar-refractivity contribution is -0.137. The van der Waals surface area contributed by atoms with Gasteiger partial charge in [-0.1, -0.05) is 35.9 Å². The van der Waals surface area contributed by atoms with E-state index in [2.05, 4.69) is 5.32 Å². The Hall–Kier alpha value is -2.79. The van der Waals surface area contributed by atoms with Crippen LogP contribution in [0.15, 0.2) is 54.1 Å². The first kappa shape index (κ1) is 16.7. The molecule has 2 aromatic carbocycles. The summed E-state index contributed by atoms with van der Waals surface area (Å²) >= 11 is 6.06. The van der Waals surface area contributed by atoms with Crippen LogP contribution in [-0.4, -0.2) is 29.6 Å². The molecule has 0 spiro atoms. The van der Waals surface area contributed by atoms with E-state index in [1.165, 1.54) is 0 Å². The topological polar surface area (TPSA) is 69.6 Å². The molecular formula is C20H17ClN2O3. The van der Waals surface area contributed by atoms with Crippen LogP contribution in [0.5, 0.6) is 0 Å². The molecule has 1 fully saturated rings. The highest BCUT2D eigenvalue weighted by molar-refractivity contribution is 6.31. The normalized spacial score (nSPS) is 22.1. The minimum atomic E-state index is -0.945. The van der Waals surface area contributed by atoms with Crippen molar-refractivity contribution in [2.75, 3.05) is 16.8 Å². The van der Waals surface area contributed by atoms with Gasteiger partial charge in [0.1, 0.15) is 6.04 Å². The number of carbonyl (C=O) groups excluding carboxylic acids is 1. The van der Waals surface area contributed by atoms with Crippen LogP contribution >= 0.6 is 11.6 Å². The molecule has 1 atom stereocenters. The van der Waals surface area contributed by atoms with Gasteiger partial charge < -0.3 is 15.3 Å². The molecule has 132 valence electrons. The number of carboxylic acid groups (broad SMARTS) is 1. The molecule has 5 nitrogen and oxygen atoms in total. The van der Waals surface area contributed by atoms with Crippen LogP contribution in [0.2, 0.25) is 5.02 Å². The lowest BCUT2D eigenvalue weighted by atomic mass is 9.88. The third-order valence-corrected chi connectivity index (χ3v) is 5.10. The Morgan fingerprint density at radius 1 is 1.15 bits per heavy atom. The van der Waals surface area contributed by atoms with Gasteiger partial charge in [0.25, 0.3) is 5.91 Å². The second-order valence-electron chi connectivity index (χ2n) is 6.43. The lowest BCUT2D eigenvalue weighted by Gasteiger charge is -2.28. The molecule has 2 aliphatic rings. The van der Waals surface area contributed by atoms with Crippen molar-refractivity contribution < 1.29 is 14.7 Å². The first-order valence-electron chi connectivity index (χ1n) is 8.43. The molecule has 0 radical (unpaired) electrons. The highest BCUT2D eigenvalue weighted by Gasteiger charge is 2.35. The number of nitrogens with zero attached hydrogens (tertiary/aromatic N) is 1. The minimum absolute atomic E-state index is 0.0573. The second kappa shape index (κ2) is 6.50. The highest BCUT2D eigenvalue weighted by Crippen LogP contribution is 2.40. The number of halogens is 1. The van der Waals surface area contributed by atoms with Crippen molar-refractivity contribution >= 4 is 40.4 Å². The fraction of sp³-hybridized carbons (Fsp3) is 0.200. The number of hydrogen-bond donors (Lipinski definition) is 2. The molecule has 2 aliphatic heterocycles. The Morgan fingerprint density at radius 2 is 1.92 bits per heavy atom. The number of anilines is 2. The van der Waals surface area contributed by atoms with Crippen molar-refractivity contribution in [1.29, 1.82) is 0 Å². The molecule has 6 heteroatoms. The molecule has 2 N–H and O–H groups in total. The monoisotopic (exact) mass is 368 g/mol. The van der Waals surface area contributed by atoms with E-state index in [-0.39, 0.29) is 12.3 Å². The van der Waals surface area contributed by atoms with Crippen LogP contribution in [0, 0.1) is 0 Å². The van der Waals surface area contributed by atoms with E-state index < -0.39 is 12.0 Å². The number of nitrogens with one attached hydrogen (secondary N) is 1. The third-order valence-electron chi connectivity index (χ3n) is 4.86. The van der Waals surface area contributed by atoms with Gasteiger partial charge in [-0.2, -0.15) is 0 Å². The van der Waals surface area contributed by atoms with Crippen LogP contribution in [-0.2, 0) is 9.59 Å². The fourth-order valence-corrected chi connectivity index (χ4v) is 3.79. The van der Waals surface area contributed by atoms with Crippen LogP contribution in [0.25, 0.3) is 5.57 Å². The van der Waals surface area contributed by atoms with E-state index in [4.69, 9.17) is 11.6 Å². The van der Waals surface area contributed by atoms with Gasteiger partial charge in [0, 0.05) is 40.5 Å². The summed E-state index contributed by atoms with van der Waals surface area (Å²) in [6.07, 6.45) is 0.866. The molecule has 0 bridgehead atoms. The van der Waals surface area contributed by atoms with Crippen LogP contribution in [0.1, 0.15) is 18.4 Å². The van der Waals surface area contributed by atoms with Crippen molar-refractivity contribution in [3.63, 3.8) is 0 Å². The van der Waals surface area contributed by atoms with Gasteiger partial charge in [0.2, 0.25) is 0 Å². The molecule has 0 aromatic heterocycles. The van der Waals surface area contributed by atoms with Crippen LogP contribution < -0.4 is 10.2 Å². The number of rotatable bonds is 2. The molecule has 0 aliphatic carbocycles. The zero-order valence-electron chi connectivity index (χ0n) is 13.9. The summed E-state index contributed by atoms with van der Waals surface area (Å²) in [6.45, 7) is 0.593. The summed E-state index contributed by atoms with van der Waals surface area (Å²) in [6, 6.07) is 14.1. The maximum Gasteiger partial charge on any atom is 0.326 e. The van der Waals surface area contributed by atoms with Crippen molar-refractivity contribution in [1.82, 2.24) is 0 Å². The minimum Gasteiger partial charge on any atom is -0.480 e. The summed E-state index contributed by atoms with van der Waals surface area (Å²) in [5.74, 6) is -1.00. The smallest absolute Gasteiger partial charge is 0.326 e. The van der Waals surface area contributed by atoms with Gasteiger partial charge in [-0.25, -0.2) is 4.79 Å². The van der Waals surface area contributed by atoms with E-state index in [0.717, 1.165) is 16.8 Å². The molecule has 26 heavy (non-hydrogen) atoms. The quantitative estimate of drug-likeness (QED) is 0.791. The standard InChI is InChI=1S/C20H17ClN2O3/c21-12-6-7-14-16(11-18(20(25)26)22-17(14)10-12)15-8-9-23(19(15)24)13-4-2-1-3-5-13/h1-7,10,18,22H,8-9,11H2,(H,25,26)/b16-15-. The number of hydrogen-bond acceptors (Lipinski definition) is 3. The summed E-state index contributed by atoms with van der Waals surface area (Å²) in [4.78, 5) is 26.3. The Bertz CT molecular complexity index is 924. The van der Waals surface area contributed by atoms with Gasteiger partial charge in [0.05, 0.1) is 0 Å². The summed E-state index contributed by atoms with van der Waals surface area (Å²) in [5.41, 5.74) is 3.85. The van der Waals surface area contributed by atoms with E-state index >= 15 is 0 Å². The molecular weight excluding hydrogens is 352 g/mol. The van der Waals surface area contributed by atoms with Crippen molar-refractivity contribution in [2.24, 2.45) is 0 Å². The second-order valence-corrected chi connectivity index (χ2v) is 6.87. The van der Waals surface area contributed by atoms with Gasteiger partial charge in [-0.15, -0.1) is 0 Å². The van der Waals surface area contributed by atoms with Crippen LogP contribution in [0.4, 0.5) is 11.4 Å². The van der Waals surface area contributed by atoms with Gasteiger partial charge in [-0.3, -0.25) is 4.79 Å². The molecule has 4 rings (SSSR count). The Kier molecular flexibility index (Phi) is 4.17. The zero-order valence-corrected chi connectivity index (χ0v) is 14.7. The number of amides is 1. The largest absolute Gasteiger partial charge is 0.480 e. The predicted octanol–water partition coefficient (Wildman–Crippen LogP) is 3.80. The number of para-hydroxylation sites is 1. The number of carboxylic acids is 1. The molecule has 1 unspecified atom stereocenters. The summed E-state index contributed by atoms with van der Waals surface area (Å²) < 4.78 is 0. The highest BCUT2D eigenvalue weighted by atomic mass is 35.5. The average Bonchev–Trinajstić information content (AvgIpc) is 3.02. The van der Waals surface area contributed by atoms with E-state index in [9.17, 15) is 14.7 Å². The number of fused-ring (bicyclic) bond motifs is 1. The number of benzene rings is 2. The first-order chi connectivity index (χ1) is 12.5. The average molecular weight is 369 g/mol. The van der Waals surface area contributed by atoms with Crippen molar-refractivity contribution in [2.45, 2.75) is 18.9 Å². The SMILES string of the molecule is O=C(O)C1C/C(=C2\CCN(c3ccccc3)C2=O)c2ccc(Cl)cc2N1.